The van der Waals surface area contributed by atoms with Gasteiger partial charge in [0.1, 0.15) is 5.75 Å². The largest absolute Gasteiger partial charge is 0.497 e. The van der Waals surface area contributed by atoms with E-state index in [2.05, 4.69) is 5.32 Å². The van der Waals surface area contributed by atoms with Gasteiger partial charge in [-0.25, -0.2) is 4.79 Å². The topological polar surface area (TPSA) is 75.6 Å². The lowest BCUT2D eigenvalue weighted by Gasteiger charge is -2.17. The Kier molecular flexibility index (Phi) is 4.71. The molecule has 1 aromatic rings. The highest BCUT2D eigenvalue weighted by Gasteiger charge is 2.23. The number of carboxylic acid groups (broad SMARTS) is 1. The average Bonchev–Trinajstić information content (AvgIpc) is 2.35. The zero-order valence-electron chi connectivity index (χ0n) is 10.6. The van der Waals surface area contributed by atoms with Crippen molar-refractivity contribution in [3.8, 4) is 5.75 Å². The summed E-state index contributed by atoms with van der Waals surface area (Å²) in [5.41, 5.74) is 0.482. The number of hydrogen-bond donors (Lipinski definition) is 2. The number of ether oxygens (including phenoxy) is 1. The Labute approximate surface area is 106 Å². The molecule has 1 unspecified atom stereocenters. The maximum atomic E-state index is 11.6. The maximum Gasteiger partial charge on any atom is 0.330 e. The van der Waals surface area contributed by atoms with E-state index in [1.807, 2.05) is 0 Å². The van der Waals surface area contributed by atoms with Crippen molar-refractivity contribution in [2.45, 2.75) is 19.9 Å². The number of amides is 1. The van der Waals surface area contributed by atoms with Gasteiger partial charge in [-0.05, 0) is 17.7 Å². The summed E-state index contributed by atoms with van der Waals surface area (Å²) in [5.74, 6) is -1.11. The van der Waals surface area contributed by atoms with Crippen LogP contribution in [0.1, 0.15) is 25.5 Å². The van der Waals surface area contributed by atoms with Crippen LogP contribution in [0.2, 0.25) is 0 Å². The van der Waals surface area contributed by atoms with Gasteiger partial charge in [0.05, 0.1) is 7.11 Å². The van der Waals surface area contributed by atoms with Crippen molar-refractivity contribution in [3.63, 3.8) is 0 Å². The van der Waals surface area contributed by atoms with E-state index in [-0.39, 0.29) is 11.8 Å². The molecular weight excluding hydrogens is 234 g/mol. The predicted octanol–water partition coefficient (Wildman–Crippen LogP) is 1.59. The van der Waals surface area contributed by atoms with Crippen LogP contribution in [-0.4, -0.2) is 24.1 Å². The first kappa shape index (κ1) is 14.0. The molecule has 0 aromatic heterocycles. The number of rotatable bonds is 5. The molecule has 1 amide bonds. The van der Waals surface area contributed by atoms with Crippen LogP contribution in [0.4, 0.5) is 0 Å². The van der Waals surface area contributed by atoms with E-state index in [0.29, 0.717) is 11.3 Å². The molecule has 0 aliphatic heterocycles. The smallest absolute Gasteiger partial charge is 0.330 e. The monoisotopic (exact) mass is 251 g/mol. The first-order valence-electron chi connectivity index (χ1n) is 5.62. The lowest BCUT2D eigenvalue weighted by Crippen LogP contribution is -2.36. The molecule has 5 nitrogen and oxygen atoms in total. The lowest BCUT2D eigenvalue weighted by atomic mass is 10.1. The van der Waals surface area contributed by atoms with Crippen LogP contribution in [0.25, 0.3) is 0 Å². The second-order valence-electron chi connectivity index (χ2n) is 4.21. The summed E-state index contributed by atoms with van der Waals surface area (Å²) in [6.45, 7) is 3.42. The van der Waals surface area contributed by atoms with Crippen molar-refractivity contribution >= 4 is 11.9 Å². The zero-order valence-corrected chi connectivity index (χ0v) is 10.6. The molecule has 0 spiro atoms. The minimum absolute atomic E-state index is 0.266. The molecule has 0 aliphatic rings. The fraction of sp³-hybridized carbons (Fsp3) is 0.385. The number of carboxylic acids is 1. The minimum atomic E-state index is -1.10. The normalized spacial score (nSPS) is 12.0. The zero-order chi connectivity index (χ0) is 13.7. The molecule has 0 heterocycles. The number of nitrogens with one attached hydrogen (secondary N) is 1. The van der Waals surface area contributed by atoms with E-state index >= 15 is 0 Å². The second kappa shape index (κ2) is 6.05. The molecule has 1 aromatic carbocycles. The Morgan fingerprint density at radius 3 is 2.50 bits per heavy atom. The van der Waals surface area contributed by atoms with Gasteiger partial charge in [-0.15, -0.1) is 0 Å². The number of carbonyl (C=O) groups excluding carboxylic acids is 1. The van der Waals surface area contributed by atoms with E-state index < -0.39 is 12.0 Å². The van der Waals surface area contributed by atoms with Crippen molar-refractivity contribution in [1.29, 1.82) is 0 Å². The Morgan fingerprint density at radius 2 is 2.00 bits per heavy atom. The van der Waals surface area contributed by atoms with E-state index in [1.165, 1.54) is 7.11 Å². The van der Waals surface area contributed by atoms with Gasteiger partial charge in [0.15, 0.2) is 6.04 Å². The van der Waals surface area contributed by atoms with Gasteiger partial charge >= 0.3 is 5.97 Å². The number of hydrogen-bond acceptors (Lipinski definition) is 3. The Morgan fingerprint density at radius 1 is 1.33 bits per heavy atom. The third-order valence-electron chi connectivity index (χ3n) is 2.49. The van der Waals surface area contributed by atoms with Crippen molar-refractivity contribution in [3.05, 3.63) is 29.8 Å². The number of methoxy groups -OCH3 is 1. The Bertz CT molecular complexity index is 442. The van der Waals surface area contributed by atoms with E-state index in [4.69, 9.17) is 9.84 Å². The molecule has 0 radical (unpaired) electrons. The molecular formula is C13H17NO4. The van der Waals surface area contributed by atoms with Crippen molar-refractivity contribution in [2.75, 3.05) is 7.11 Å². The summed E-state index contributed by atoms with van der Waals surface area (Å²) >= 11 is 0. The predicted molar refractivity (Wildman–Crippen MR) is 66.4 cm³/mol. The molecule has 2 N–H and O–H groups in total. The van der Waals surface area contributed by atoms with Gasteiger partial charge in [-0.2, -0.15) is 0 Å². The molecule has 98 valence electrons. The van der Waals surface area contributed by atoms with Gasteiger partial charge in [0.25, 0.3) is 0 Å². The first-order chi connectivity index (χ1) is 8.45. The standard InChI is InChI=1S/C13H17NO4/c1-8(2)12(15)14-11(13(16)17)9-5-4-6-10(7-9)18-3/h4-8,11H,1-3H3,(H,14,15)(H,16,17). The molecule has 0 saturated heterocycles. The molecule has 1 rings (SSSR count). The molecule has 0 aliphatic carbocycles. The van der Waals surface area contributed by atoms with Gasteiger partial charge in [0, 0.05) is 5.92 Å². The van der Waals surface area contributed by atoms with Crippen LogP contribution >= 0.6 is 0 Å². The molecule has 1 atom stereocenters. The third kappa shape index (κ3) is 3.48. The highest BCUT2D eigenvalue weighted by molar-refractivity contribution is 5.85. The Balaban J connectivity index is 2.97. The van der Waals surface area contributed by atoms with Gasteiger partial charge < -0.3 is 15.2 Å². The summed E-state index contributed by atoms with van der Waals surface area (Å²) in [7, 11) is 1.50. The van der Waals surface area contributed by atoms with Gasteiger partial charge in [0.2, 0.25) is 5.91 Å². The van der Waals surface area contributed by atoms with Crippen molar-refractivity contribution in [1.82, 2.24) is 5.32 Å². The van der Waals surface area contributed by atoms with Gasteiger partial charge in [-0.1, -0.05) is 26.0 Å². The second-order valence-corrected chi connectivity index (χ2v) is 4.21. The molecule has 0 saturated carbocycles. The average molecular weight is 251 g/mol. The quantitative estimate of drug-likeness (QED) is 0.833. The molecule has 5 heteroatoms. The summed E-state index contributed by atoms with van der Waals surface area (Å²) < 4.78 is 5.03. The number of carbonyl (C=O) groups is 2. The highest BCUT2D eigenvalue weighted by atomic mass is 16.5. The molecule has 0 fully saturated rings. The highest BCUT2D eigenvalue weighted by Crippen LogP contribution is 2.19. The summed E-state index contributed by atoms with van der Waals surface area (Å²) in [6.07, 6.45) is 0. The van der Waals surface area contributed by atoms with E-state index in [0.717, 1.165) is 0 Å². The van der Waals surface area contributed by atoms with Crippen LogP contribution < -0.4 is 10.1 Å². The van der Waals surface area contributed by atoms with E-state index in [9.17, 15) is 9.59 Å². The van der Waals surface area contributed by atoms with Crippen LogP contribution in [0, 0.1) is 5.92 Å². The number of aliphatic carboxylic acids is 1. The van der Waals surface area contributed by atoms with Crippen molar-refractivity contribution in [2.24, 2.45) is 5.92 Å². The summed E-state index contributed by atoms with van der Waals surface area (Å²) in [6, 6.07) is 5.58. The van der Waals surface area contributed by atoms with Crippen LogP contribution in [0.3, 0.4) is 0 Å². The van der Waals surface area contributed by atoms with Crippen LogP contribution in [0.15, 0.2) is 24.3 Å². The fourth-order valence-electron chi connectivity index (χ4n) is 1.42. The maximum absolute atomic E-state index is 11.6. The summed E-state index contributed by atoms with van der Waals surface area (Å²) in [5, 5.41) is 11.7. The fourth-order valence-corrected chi connectivity index (χ4v) is 1.42. The van der Waals surface area contributed by atoms with Crippen molar-refractivity contribution < 1.29 is 19.4 Å². The number of benzene rings is 1. The minimum Gasteiger partial charge on any atom is -0.497 e. The van der Waals surface area contributed by atoms with Gasteiger partial charge in [-0.3, -0.25) is 4.79 Å². The SMILES string of the molecule is COc1cccc(C(NC(=O)C(C)C)C(=O)O)c1. The van der Waals surface area contributed by atoms with Crippen LogP contribution in [0.5, 0.6) is 5.75 Å². The first-order valence-corrected chi connectivity index (χ1v) is 5.62. The summed E-state index contributed by atoms with van der Waals surface area (Å²) in [4.78, 5) is 22.8. The van der Waals surface area contributed by atoms with E-state index in [1.54, 1.807) is 38.1 Å². The Hall–Kier alpha value is -2.04. The molecule has 0 bridgehead atoms. The third-order valence-corrected chi connectivity index (χ3v) is 2.49. The lowest BCUT2D eigenvalue weighted by molar-refractivity contribution is -0.142. The van der Waals surface area contributed by atoms with Crippen LogP contribution in [-0.2, 0) is 9.59 Å². The molecule has 18 heavy (non-hydrogen) atoms.